The van der Waals surface area contributed by atoms with E-state index in [1.165, 1.54) is 20.0 Å². The van der Waals surface area contributed by atoms with Crippen molar-refractivity contribution in [3.05, 3.63) is 28.3 Å². The van der Waals surface area contributed by atoms with Crippen molar-refractivity contribution in [3.63, 3.8) is 0 Å². The smallest absolute Gasteiger partial charge is 0.341 e. The number of carbonyl (C=O) groups excluding carboxylic acids is 1. The van der Waals surface area contributed by atoms with Gasteiger partial charge in [-0.1, -0.05) is 32.6 Å². The molecule has 1 aromatic rings. The Morgan fingerprint density at radius 3 is 2.57 bits per heavy atom. The number of phenols is 1. The maximum absolute atomic E-state index is 11.8. The van der Waals surface area contributed by atoms with Gasteiger partial charge in [0.15, 0.2) is 0 Å². The zero-order valence-electron chi connectivity index (χ0n) is 13.0. The number of unbranched alkanes of at least 4 members (excludes halogenated alkanes) is 4. The molecule has 0 atom stereocenters. The summed E-state index contributed by atoms with van der Waals surface area (Å²) in [6.45, 7) is 3.81. The third kappa shape index (κ3) is 4.22. The molecule has 0 radical (unpaired) electrons. The van der Waals surface area contributed by atoms with Crippen LogP contribution in [0.4, 0.5) is 0 Å². The van der Waals surface area contributed by atoms with Gasteiger partial charge >= 0.3 is 5.97 Å². The first-order valence-electron chi connectivity index (χ1n) is 7.40. The van der Waals surface area contributed by atoms with Gasteiger partial charge in [0.05, 0.1) is 18.7 Å². The lowest BCUT2D eigenvalue weighted by Gasteiger charge is -2.13. The van der Waals surface area contributed by atoms with Crippen LogP contribution in [0, 0.1) is 18.3 Å². The Morgan fingerprint density at radius 1 is 1.33 bits per heavy atom. The molecule has 0 saturated heterocycles. The lowest BCUT2D eigenvalue weighted by atomic mass is 9.94. The molecule has 0 saturated carbocycles. The van der Waals surface area contributed by atoms with Crippen LogP contribution >= 0.6 is 0 Å². The maximum atomic E-state index is 11.8. The van der Waals surface area contributed by atoms with Crippen LogP contribution in [0.1, 0.15) is 66.1 Å². The standard InChI is InChI=1S/C17H23NO3/c1-4-5-6-7-8-9-13-10-14(11-18)12(2)15(16(13)19)17(20)21-3/h10,19H,4-9H2,1-3H3. The summed E-state index contributed by atoms with van der Waals surface area (Å²) in [6, 6.07) is 3.75. The van der Waals surface area contributed by atoms with E-state index in [0.717, 1.165) is 19.3 Å². The normalized spacial score (nSPS) is 10.2. The van der Waals surface area contributed by atoms with Crippen LogP contribution in [0.5, 0.6) is 5.75 Å². The van der Waals surface area contributed by atoms with Crippen LogP contribution in [-0.2, 0) is 11.2 Å². The minimum absolute atomic E-state index is 0.0474. The van der Waals surface area contributed by atoms with Gasteiger partial charge in [0.2, 0.25) is 0 Å². The first-order valence-corrected chi connectivity index (χ1v) is 7.40. The van der Waals surface area contributed by atoms with Gasteiger partial charge in [-0.3, -0.25) is 0 Å². The molecule has 1 N–H and O–H groups in total. The number of carbonyl (C=O) groups is 1. The van der Waals surface area contributed by atoms with E-state index in [0.29, 0.717) is 23.1 Å². The molecule has 4 nitrogen and oxygen atoms in total. The lowest BCUT2D eigenvalue weighted by Crippen LogP contribution is -2.07. The molecule has 1 aromatic carbocycles. The highest BCUT2D eigenvalue weighted by Gasteiger charge is 2.21. The van der Waals surface area contributed by atoms with Crippen molar-refractivity contribution in [3.8, 4) is 11.8 Å². The van der Waals surface area contributed by atoms with Gasteiger partial charge in [-0.05, 0) is 37.0 Å². The molecule has 0 aromatic heterocycles. The van der Waals surface area contributed by atoms with E-state index in [4.69, 9.17) is 4.74 Å². The fourth-order valence-electron chi connectivity index (χ4n) is 2.40. The second kappa shape index (κ2) is 8.31. The Balaban J connectivity index is 2.99. The van der Waals surface area contributed by atoms with E-state index in [1.54, 1.807) is 13.0 Å². The lowest BCUT2D eigenvalue weighted by molar-refractivity contribution is 0.0596. The number of benzene rings is 1. The van der Waals surface area contributed by atoms with Gasteiger partial charge in [-0.15, -0.1) is 0 Å². The Bertz CT molecular complexity index is 544. The number of nitriles is 1. The van der Waals surface area contributed by atoms with Crippen LogP contribution in [0.2, 0.25) is 0 Å². The number of aryl methyl sites for hydroxylation is 1. The second-order valence-corrected chi connectivity index (χ2v) is 5.20. The number of rotatable bonds is 7. The van der Waals surface area contributed by atoms with Crippen molar-refractivity contribution in [2.45, 2.75) is 52.4 Å². The average molecular weight is 289 g/mol. The highest BCUT2D eigenvalue weighted by Crippen LogP contribution is 2.30. The molecular weight excluding hydrogens is 266 g/mol. The SMILES string of the molecule is CCCCCCCc1cc(C#N)c(C)c(C(=O)OC)c1O. The van der Waals surface area contributed by atoms with Crippen LogP contribution in [0.15, 0.2) is 6.07 Å². The molecule has 0 fully saturated rings. The van der Waals surface area contributed by atoms with Crippen molar-refractivity contribution in [1.29, 1.82) is 5.26 Å². The largest absolute Gasteiger partial charge is 0.507 e. The number of phenolic OH excluding ortho intramolecular Hbond substituents is 1. The number of ether oxygens (including phenoxy) is 1. The Hall–Kier alpha value is -2.02. The Kier molecular flexibility index (Phi) is 6.74. The zero-order valence-corrected chi connectivity index (χ0v) is 13.0. The molecule has 0 spiro atoms. The van der Waals surface area contributed by atoms with Crippen LogP contribution < -0.4 is 0 Å². The summed E-state index contributed by atoms with van der Waals surface area (Å²) < 4.78 is 4.70. The number of aromatic hydroxyl groups is 1. The monoisotopic (exact) mass is 289 g/mol. The summed E-state index contributed by atoms with van der Waals surface area (Å²) in [5.74, 6) is -0.650. The topological polar surface area (TPSA) is 70.3 Å². The summed E-state index contributed by atoms with van der Waals surface area (Å²) in [4.78, 5) is 11.8. The molecular formula is C17H23NO3. The fraction of sp³-hybridized carbons (Fsp3) is 0.529. The highest BCUT2D eigenvalue weighted by molar-refractivity contribution is 5.95. The van der Waals surface area contributed by atoms with Crippen LogP contribution in [0.25, 0.3) is 0 Å². The van der Waals surface area contributed by atoms with Gasteiger partial charge in [-0.2, -0.15) is 5.26 Å². The third-order valence-electron chi connectivity index (χ3n) is 3.70. The number of methoxy groups -OCH3 is 1. The van der Waals surface area contributed by atoms with E-state index >= 15 is 0 Å². The predicted octanol–water partition coefficient (Wildman–Crippen LogP) is 3.87. The van der Waals surface area contributed by atoms with Gasteiger partial charge in [0.25, 0.3) is 0 Å². The summed E-state index contributed by atoms with van der Waals surface area (Å²) in [6.07, 6.45) is 6.23. The summed E-state index contributed by atoms with van der Waals surface area (Å²) in [5, 5.41) is 19.5. The van der Waals surface area contributed by atoms with Crippen LogP contribution in [-0.4, -0.2) is 18.2 Å². The van der Waals surface area contributed by atoms with E-state index < -0.39 is 5.97 Å². The molecule has 4 heteroatoms. The minimum Gasteiger partial charge on any atom is -0.507 e. The third-order valence-corrected chi connectivity index (χ3v) is 3.70. The van der Waals surface area contributed by atoms with E-state index in [9.17, 15) is 15.2 Å². The van der Waals surface area contributed by atoms with Crippen molar-refractivity contribution in [1.82, 2.24) is 0 Å². The van der Waals surface area contributed by atoms with Gasteiger partial charge in [0, 0.05) is 0 Å². The van der Waals surface area contributed by atoms with E-state index in [2.05, 4.69) is 13.0 Å². The Morgan fingerprint density at radius 2 is 2.00 bits per heavy atom. The molecule has 21 heavy (non-hydrogen) atoms. The first-order chi connectivity index (χ1) is 10.1. The van der Waals surface area contributed by atoms with Crippen molar-refractivity contribution in [2.24, 2.45) is 0 Å². The van der Waals surface area contributed by atoms with Crippen molar-refractivity contribution < 1.29 is 14.6 Å². The molecule has 0 aliphatic carbocycles. The maximum Gasteiger partial charge on any atom is 0.341 e. The van der Waals surface area contributed by atoms with Crippen molar-refractivity contribution >= 4 is 5.97 Å². The van der Waals surface area contributed by atoms with Gasteiger partial charge in [0.1, 0.15) is 11.3 Å². The fourth-order valence-corrected chi connectivity index (χ4v) is 2.40. The molecule has 1 rings (SSSR count). The summed E-state index contributed by atoms with van der Waals surface area (Å²) in [7, 11) is 1.27. The quantitative estimate of drug-likeness (QED) is 0.611. The molecule has 0 amide bonds. The molecule has 0 aliphatic rings. The molecule has 0 bridgehead atoms. The number of esters is 1. The number of hydrogen-bond donors (Lipinski definition) is 1. The van der Waals surface area contributed by atoms with E-state index in [-0.39, 0.29) is 11.3 Å². The second-order valence-electron chi connectivity index (χ2n) is 5.20. The summed E-state index contributed by atoms with van der Waals surface area (Å²) >= 11 is 0. The molecule has 0 aliphatic heterocycles. The van der Waals surface area contributed by atoms with Crippen LogP contribution in [0.3, 0.4) is 0 Å². The molecule has 114 valence electrons. The van der Waals surface area contributed by atoms with Gasteiger partial charge in [-0.25, -0.2) is 4.79 Å². The van der Waals surface area contributed by atoms with Gasteiger partial charge < -0.3 is 9.84 Å². The van der Waals surface area contributed by atoms with Crippen molar-refractivity contribution in [2.75, 3.05) is 7.11 Å². The first kappa shape index (κ1) is 17.0. The summed E-state index contributed by atoms with van der Waals surface area (Å²) in [5.41, 5.74) is 1.64. The predicted molar refractivity (Wildman–Crippen MR) is 81.4 cm³/mol. The Labute approximate surface area is 126 Å². The van der Waals surface area contributed by atoms with E-state index in [1.807, 2.05) is 0 Å². The molecule has 0 unspecified atom stereocenters. The highest BCUT2D eigenvalue weighted by atomic mass is 16.5. The minimum atomic E-state index is -0.602. The number of nitrogens with zero attached hydrogens (tertiary/aromatic N) is 1. The molecule has 0 heterocycles. The number of hydrogen-bond acceptors (Lipinski definition) is 4. The zero-order chi connectivity index (χ0) is 15.8. The average Bonchev–Trinajstić information content (AvgIpc) is 2.48.